The maximum absolute atomic E-state index is 12.6. The number of ether oxygens (including phenoxy) is 3. The van der Waals surface area contributed by atoms with E-state index in [1.54, 1.807) is 6.20 Å². The van der Waals surface area contributed by atoms with E-state index in [1.165, 1.54) is 0 Å². The molecule has 1 aliphatic heterocycles. The molecule has 9 heteroatoms. The first-order chi connectivity index (χ1) is 13.0. The number of amidine groups is 2. The summed E-state index contributed by atoms with van der Waals surface area (Å²) in [6.07, 6.45) is 4.62. The van der Waals surface area contributed by atoms with Crippen LogP contribution < -0.4 is 5.73 Å². The molecule has 3 atom stereocenters. The second-order valence-corrected chi connectivity index (χ2v) is 6.57. The molecule has 0 aliphatic carbocycles. The van der Waals surface area contributed by atoms with Gasteiger partial charge >= 0.3 is 6.09 Å². The van der Waals surface area contributed by atoms with Crippen LogP contribution in [-0.4, -0.2) is 53.9 Å². The third-order valence-corrected chi connectivity index (χ3v) is 4.36. The van der Waals surface area contributed by atoms with Crippen LogP contribution in [0.25, 0.3) is 0 Å². The Morgan fingerprint density at radius 3 is 2.85 bits per heavy atom. The quantitative estimate of drug-likeness (QED) is 0.235. The van der Waals surface area contributed by atoms with Crippen LogP contribution in [0.15, 0.2) is 11.2 Å². The zero-order valence-electron chi connectivity index (χ0n) is 16.0. The fraction of sp³-hybridized carbons (Fsp3) is 0.722. The Labute approximate surface area is 159 Å². The van der Waals surface area contributed by atoms with Gasteiger partial charge in [0.15, 0.2) is 11.7 Å². The first kappa shape index (κ1) is 21.5. The van der Waals surface area contributed by atoms with Crippen LogP contribution in [0.4, 0.5) is 4.39 Å². The Kier molecular flexibility index (Phi) is 8.83. The highest BCUT2D eigenvalue weighted by Crippen LogP contribution is 2.34. The lowest BCUT2D eigenvalue weighted by atomic mass is 10.1. The molecule has 27 heavy (non-hydrogen) atoms. The molecule has 8 nitrogen and oxygen atoms in total. The average Bonchev–Trinajstić information content (AvgIpc) is 3.26. The van der Waals surface area contributed by atoms with Gasteiger partial charge in [-0.3, -0.25) is 5.41 Å². The fourth-order valence-corrected chi connectivity index (χ4v) is 2.85. The highest BCUT2D eigenvalue weighted by atomic mass is 19.1. The molecule has 4 N–H and O–H groups in total. The average molecular weight is 383 g/mol. The number of aromatic amines is 1. The van der Waals surface area contributed by atoms with Crippen LogP contribution in [0.3, 0.4) is 0 Å². The number of H-pyrrole nitrogens is 1. The van der Waals surface area contributed by atoms with E-state index in [1.807, 2.05) is 0 Å². The summed E-state index contributed by atoms with van der Waals surface area (Å²) in [6, 6.07) is 0. The van der Waals surface area contributed by atoms with Gasteiger partial charge in [-0.1, -0.05) is 26.7 Å². The highest BCUT2D eigenvalue weighted by molar-refractivity contribution is 6.00. The summed E-state index contributed by atoms with van der Waals surface area (Å²) in [7, 11) is 0. The zero-order chi connectivity index (χ0) is 19.6. The molecule has 0 radical (unpaired) electrons. The van der Waals surface area contributed by atoms with Crippen molar-refractivity contribution < 1.29 is 18.6 Å². The van der Waals surface area contributed by atoms with E-state index in [0.29, 0.717) is 31.9 Å². The molecule has 2 heterocycles. The summed E-state index contributed by atoms with van der Waals surface area (Å²) in [6.45, 7) is 6.13. The highest BCUT2D eigenvalue weighted by Gasteiger charge is 2.37. The molecule has 1 aromatic rings. The Bertz CT molecular complexity index is 622. The molecule has 0 aromatic carbocycles. The molecule has 0 bridgehead atoms. The third-order valence-electron chi connectivity index (χ3n) is 4.36. The van der Waals surface area contributed by atoms with Gasteiger partial charge in [0.05, 0.1) is 24.6 Å². The van der Waals surface area contributed by atoms with Crippen LogP contribution in [0, 0.1) is 5.41 Å². The first-order valence-electron chi connectivity index (χ1n) is 9.53. The predicted octanol–water partition coefficient (Wildman–Crippen LogP) is 2.85. The second-order valence-electron chi connectivity index (χ2n) is 6.57. The van der Waals surface area contributed by atoms with E-state index in [2.05, 4.69) is 28.8 Å². The molecule has 0 unspecified atom stereocenters. The summed E-state index contributed by atoms with van der Waals surface area (Å²) >= 11 is 0. The van der Waals surface area contributed by atoms with E-state index in [9.17, 15) is 4.39 Å². The van der Waals surface area contributed by atoms with Gasteiger partial charge in [-0.2, -0.15) is 9.38 Å². The Hall–Kier alpha value is -1.84. The first-order valence-corrected chi connectivity index (χ1v) is 9.53. The number of aromatic nitrogens is 2. The van der Waals surface area contributed by atoms with Gasteiger partial charge in [0.25, 0.3) is 0 Å². The standard InChI is InChI=1S/C18H30FN5O3/c1-3-5-7-25-11-15-14(26-8-6-4-2)9-13(27-15)12-10-22-17(23-12)16(20)24-18(19)21/h10,13-15H,3-9,11H2,1-2H3,(H,22,23)(H3,20,21,24)/t13-,14+,15-/m1/s1. The Morgan fingerprint density at radius 1 is 1.41 bits per heavy atom. The monoisotopic (exact) mass is 383 g/mol. The summed E-state index contributed by atoms with van der Waals surface area (Å²) in [5, 5.41) is 6.74. The van der Waals surface area contributed by atoms with Gasteiger partial charge in [0.2, 0.25) is 0 Å². The van der Waals surface area contributed by atoms with Crippen molar-refractivity contribution in [1.29, 1.82) is 5.41 Å². The molecule has 0 amide bonds. The largest absolute Gasteiger partial charge is 0.380 e. The molecule has 0 spiro atoms. The Balaban J connectivity index is 2.00. The van der Waals surface area contributed by atoms with Crippen LogP contribution in [0.1, 0.15) is 63.6 Å². The zero-order valence-corrected chi connectivity index (χ0v) is 16.0. The lowest BCUT2D eigenvalue weighted by Crippen LogP contribution is -2.29. The third kappa shape index (κ3) is 6.67. The van der Waals surface area contributed by atoms with Crippen LogP contribution in [0.2, 0.25) is 0 Å². The van der Waals surface area contributed by atoms with Crippen molar-refractivity contribution in [2.24, 2.45) is 10.7 Å². The maximum atomic E-state index is 12.6. The molecule has 2 rings (SSSR count). The minimum atomic E-state index is -1.36. The van der Waals surface area contributed by atoms with E-state index in [4.69, 9.17) is 25.4 Å². The molecule has 1 saturated heterocycles. The Morgan fingerprint density at radius 2 is 2.15 bits per heavy atom. The minimum Gasteiger partial charge on any atom is -0.380 e. The number of nitrogens with one attached hydrogen (secondary N) is 2. The molecule has 0 saturated carbocycles. The van der Waals surface area contributed by atoms with Crippen LogP contribution >= 0.6 is 0 Å². The fourth-order valence-electron chi connectivity index (χ4n) is 2.85. The number of rotatable bonds is 11. The number of hydrogen-bond donors (Lipinski definition) is 3. The van der Waals surface area contributed by atoms with E-state index < -0.39 is 6.09 Å². The lowest BCUT2D eigenvalue weighted by Gasteiger charge is -2.19. The topological polar surface area (TPSA) is 119 Å². The van der Waals surface area contributed by atoms with Crippen molar-refractivity contribution in [1.82, 2.24) is 9.97 Å². The van der Waals surface area contributed by atoms with E-state index >= 15 is 0 Å². The van der Waals surface area contributed by atoms with E-state index in [0.717, 1.165) is 25.7 Å². The lowest BCUT2D eigenvalue weighted by molar-refractivity contribution is -0.0655. The van der Waals surface area contributed by atoms with Gasteiger partial charge in [0, 0.05) is 19.6 Å². The number of imidazole rings is 1. The molecule has 1 fully saturated rings. The van der Waals surface area contributed by atoms with Crippen LogP contribution in [0.5, 0.6) is 0 Å². The van der Waals surface area contributed by atoms with Crippen molar-refractivity contribution in [3.63, 3.8) is 0 Å². The number of aliphatic imine (C=N–C) groups is 1. The number of hydrogen-bond acceptors (Lipinski definition) is 5. The smallest absolute Gasteiger partial charge is 0.303 e. The number of nitrogens with zero attached hydrogens (tertiary/aromatic N) is 2. The van der Waals surface area contributed by atoms with Gasteiger partial charge in [-0.05, 0) is 12.8 Å². The van der Waals surface area contributed by atoms with Crippen LogP contribution in [-0.2, 0) is 14.2 Å². The van der Waals surface area contributed by atoms with Crippen molar-refractivity contribution in [2.75, 3.05) is 19.8 Å². The van der Waals surface area contributed by atoms with Gasteiger partial charge in [-0.15, -0.1) is 0 Å². The SMILES string of the molecule is CCCCOC[C@H]1O[C@@H](c2cnc(/C(N)=N\C(=N)F)[nH]2)C[C@@H]1OCCCC. The summed E-state index contributed by atoms with van der Waals surface area (Å²) in [4.78, 5) is 10.3. The second kappa shape index (κ2) is 11.1. The normalized spacial score (nSPS) is 23.1. The summed E-state index contributed by atoms with van der Waals surface area (Å²) in [5.74, 6) is 0.0315. The van der Waals surface area contributed by atoms with Crippen molar-refractivity contribution >= 4 is 11.9 Å². The van der Waals surface area contributed by atoms with Crippen molar-refractivity contribution in [2.45, 2.75) is 64.3 Å². The number of halogens is 1. The van der Waals surface area contributed by atoms with Crippen molar-refractivity contribution in [3.05, 3.63) is 17.7 Å². The molecule has 152 valence electrons. The number of unbranched alkanes of at least 4 members (excludes halogenated alkanes) is 2. The molecule has 1 aliphatic rings. The summed E-state index contributed by atoms with van der Waals surface area (Å²) in [5.41, 5.74) is 6.34. The van der Waals surface area contributed by atoms with Gasteiger partial charge < -0.3 is 24.9 Å². The minimum absolute atomic E-state index is 0.0556. The van der Waals surface area contributed by atoms with Gasteiger partial charge in [0.1, 0.15) is 12.2 Å². The van der Waals surface area contributed by atoms with Gasteiger partial charge in [-0.25, -0.2) is 4.98 Å². The molecular weight excluding hydrogens is 353 g/mol. The predicted molar refractivity (Wildman–Crippen MR) is 101 cm³/mol. The molecular formula is C18H30FN5O3. The summed E-state index contributed by atoms with van der Waals surface area (Å²) < 4.78 is 30.5. The van der Waals surface area contributed by atoms with E-state index in [-0.39, 0.29) is 30.0 Å². The molecule has 1 aromatic heterocycles. The number of nitrogens with two attached hydrogens (primary N) is 1. The van der Waals surface area contributed by atoms with Crippen molar-refractivity contribution in [3.8, 4) is 0 Å². The maximum Gasteiger partial charge on any atom is 0.303 e.